The summed E-state index contributed by atoms with van der Waals surface area (Å²) in [4.78, 5) is 17.2. The minimum Gasteiger partial charge on any atom is -0.388 e. The Morgan fingerprint density at radius 1 is 1.41 bits per heavy atom. The third-order valence-electron chi connectivity index (χ3n) is 3.42. The van der Waals surface area contributed by atoms with E-state index in [0.717, 1.165) is 5.56 Å². The number of ketones is 1. The average Bonchev–Trinajstić information content (AvgIpc) is 2.82. The van der Waals surface area contributed by atoms with Gasteiger partial charge in [0.2, 0.25) is 0 Å². The Labute approximate surface area is 98.9 Å². The highest BCUT2D eigenvalue weighted by atomic mass is 16.7. The minimum atomic E-state index is -1.11. The van der Waals surface area contributed by atoms with Gasteiger partial charge in [-0.1, -0.05) is 35.5 Å². The van der Waals surface area contributed by atoms with Crippen LogP contribution in [0, 0.1) is 5.92 Å². The summed E-state index contributed by atoms with van der Waals surface area (Å²) in [5, 5.41) is 14.1. The Morgan fingerprint density at radius 2 is 2.12 bits per heavy atom. The third kappa shape index (κ3) is 1.48. The molecular formula is C13H13NO3. The fourth-order valence-corrected chi connectivity index (χ4v) is 2.57. The predicted octanol–water partition coefficient (Wildman–Crippen LogP) is 1.13. The van der Waals surface area contributed by atoms with Crippen LogP contribution in [-0.4, -0.2) is 28.3 Å². The number of Topliss-reactive ketones (excluding diaryl/α,β-unsaturated/α-hetero) is 1. The molecule has 1 aromatic carbocycles. The van der Waals surface area contributed by atoms with Crippen molar-refractivity contribution in [1.82, 2.24) is 0 Å². The van der Waals surface area contributed by atoms with Crippen LogP contribution in [0.2, 0.25) is 0 Å². The fraction of sp³-hybridized carbons (Fsp3) is 0.385. The second-order valence-electron chi connectivity index (χ2n) is 4.85. The van der Waals surface area contributed by atoms with Gasteiger partial charge in [-0.15, -0.1) is 0 Å². The second kappa shape index (κ2) is 3.40. The number of carbonyl (C=O) groups excluding carboxylic acids is 1. The van der Waals surface area contributed by atoms with Gasteiger partial charge in [0, 0.05) is 12.0 Å². The van der Waals surface area contributed by atoms with Gasteiger partial charge in [0.05, 0.1) is 0 Å². The van der Waals surface area contributed by atoms with Gasteiger partial charge < -0.3 is 9.94 Å². The number of oxime groups is 1. The molecule has 0 aromatic heterocycles. The van der Waals surface area contributed by atoms with E-state index < -0.39 is 17.6 Å². The van der Waals surface area contributed by atoms with E-state index in [1.165, 1.54) is 0 Å². The maximum absolute atomic E-state index is 11.9. The van der Waals surface area contributed by atoms with E-state index in [1.807, 2.05) is 30.3 Å². The molecule has 1 N–H and O–H groups in total. The van der Waals surface area contributed by atoms with Crippen LogP contribution < -0.4 is 0 Å². The summed E-state index contributed by atoms with van der Waals surface area (Å²) in [6.45, 7) is 1.62. The molecule has 0 bridgehead atoms. The molecule has 3 rings (SSSR count). The van der Waals surface area contributed by atoms with Crippen LogP contribution in [0.3, 0.4) is 0 Å². The van der Waals surface area contributed by atoms with E-state index in [-0.39, 0.29) is 12.2 Å². The maximum Gasteiger partial charge on any atom is 0.171 e. The normalized spacial score (nSPS) is 35.4. The van der Waals surface area contributed by atoms with Crippen molar-refractivity contribution in [2.75, 3.05) is 0 Å². The zero-order valence-corrected chi connectivity index (χ0v) is 9.46. The topological polar surface area (TPSA) is 58.9 Å². The minimum absolute atomic E-state index is 0.0000954. The van der Waals surface area contributed by atoms with Crippen LogP contribution in [0.5, 0.6) is 0 Å². The van der Waals surface area contributed by atoms with Crippen LogP contribution in [0.15, 0.2) is 35.5 Å². The molecule has 0 spiro atoms. The van der Waals surface area contributed by atoms with Crippen molar-refractivity contribution in [3.05, 3.63) is 35.9 Å². The highest BCUT2D eigenvalue weighted by molar-refractivity contribution is 6.16. The molecule has 0 amide bonds. The molecule has 1 aliphatic carbocycles. The predicted molar refractivity (Wildman–Crippen MR) is 61.6 cm³/mol. The van der Waals surface area contributed by atoms with Crippen LogP contribution in [0.4, 0.5) is 0 Å². The van der Waals surface area contributed by atoms with Crippen LogP contribution >= 0.6 is 0 Å². The van der Waals surface area contributed by atoms with E-state index in [4.69, 9.17) is 4.84 Å². The van der Waals surface area contributed by atoms with Crippen molar-refractivity contribution in [2.24, 2.45) is 11.1 Å². The van der Waals surface area contributed by atoms with Crippen molar-refractivity contribution in [3.63, 3.8) is 0 Å². The smallest absolute Gasteiger partial charge is 0.171 e. The molecule has 0 radical (unpaired) electrons. The van der Waals surface area contributed by atoms with Gasteiger partial charge in [0.25, 0.3) is 0 Å². The molecule has 2 aliphatic rings. The summed E-state index contributed by atoms with van der Waals surface area (Å²) in [5.74, 6) is -0.424. The molecule has 1 aliphatic heterocycles. The lowest BCUT2D eigenvalue weighted by Gasteiger charge is -2.20. The molecule has 1 aromatic rings. The number of fused-ring (bicyclic) bond motifs is 1. The first-order valence-corrected chi connectivity index (χ1v) is 5.64. The lowest BCUT2D eigenvalue weighted by molar-refractivity contribution is -0.119. The van der Waals surface area contributed by atoms with E-state index in [9.17, 15) is 9.90 Å². The lowest BCUT2D eigenvalue weighted by atomic mass is 9.91. The van der Waals surface area contributed by atoms with E-state index >= 15 is 0 Å². The number of benzene rings is 1. The molecular weight excluding hydrogens is 218 g/mol. The molecule has 4 nitrogen and oxygen atoms in total. The van der Waals surface area contributed by atoms with Crippen molar-refractivity contribution >= 4 is 11.5 Å². The van der Waals surface area contributed by atoms with Crippen LogP contribution in [-0.2, 0) is 9.63 Å². The lowest BCUT2D eigenvalue weighted by Crippen LogP contribution is -2.37. The van der Waals surface area contributed by atoms with Crippen molar-refractivity contribution in [1.29, 1.82) is 0 Å². The standard InChI is InChI=1S/C13H13NO3/c1-13(16)7-9(15)10-11(14-17-12(10)13)8-5-3-2-4-6-8/h2-6,10,12,16H,7H2,1H3/t10-,12+,13-/m1/s1. The van der Waals surface area contributed by atoms with Gasteiger partial charge in [-0.25, -0.2) is 0 Å². The first-order chi connectivity index (χ1) is 8.09. The Hall–Kier alpha value is -1.68. The van der Waals surface area contributed by atoms with Gasteiger partial charge in [-0.2, -0.15) is 0 Å². The van der Waals surface area contributed by atoms with Crippen molar-refractivity contribution < 1.29 is 14.7 Å². The first kappa shape index (κ1) is 10.5. The Bertz CT molecular complexity index is 493. The van der Waals surface area contributed by atoms with Gasteiger partial charge in [-0.3, -0.25) is 4.79 Å². The summed E-state index contributed by atoms with van der Waals surface area (Å²) in [6.07, 6.45) is -0.404. The molecule has 1 saturated carbocycles. The Balaban J connectivity index is 1.99. The number of aliphatic hydroxyl groups is 1. The summed E-state index contributed by atoms with van der Waals surface area (Å²) >= 11 is 0. The molecule has 1 heterocycles. The fourth-order valence-electron chi connectivity index (χ4n) is 2.57. The first-order valence-electron chi connectivity index (χ1n) is 5.64. The summed E-state index contributed by atoms with van der Waals surface area (Å²) in [6, 6.07) is 9.48. The van der Waals surface area contributed by atoms with Gasteiger partial charge in [-0.05, 0) is 6.92 Å². The Kier molecular flexibility index (Phi) is 2.10. The summed E-state index contributed by atoms with van der Waals surface area (Å²) in [5.41, 5.74) is 0.409. The van der Waals surface area contributed by atoms with Crippen molar-refractivity contribution in [3.8, 4) is 0 Å². The van der Waals surface area contributed by atoms with Gasteiger partial charge >= 0.3 is 0 Å². The Morgan fingerprint density at radius 3 is 2.82 bits per heavy atom. The highest BCUT2D eigenvalue weighted by Gasteiger charge is 2.56. The molecule has 1 fully saturated rings. The number of nitrogens with zero attached hydrogens (tertiary/aromatic N) is 1. The van der Waals surface area contributed by atoms with Crippen LogP contribution in [0.1, 0.15) is 18.9 Å². The van der Waals surface area contributed by atoms with Crippen LogP contribution in [0.25, 0.3) is 0 Å². The van der Waals surface area contributed by atoms with Gasteiger partial charge in [0.1, 0.15) is 23.0 Å². The summed E-state index contributed by atoms with van der Waals surface area (Å²) in [7, 11) is 0. The third-order valence-corrected chi connectivity index (χ3v) is 3.42. The molecule has 17 heavy (non-hydrogen) atoms. The second-order valence-corrected chi connectivity index (χ2v) is 4.85. The molecule has 4 heteroatoms. The largest absolute Gasteiger partial charge is 0.388 e. The molecule has 88 valence electrons. The number of hydrogen-bond acceptors (Lipinski definition) is 4. The number of carbonyl (C=O) groups is 1. The molecule has 3 atom stereocenters. The van der Waals surface area contributed by atoms with Crippen molar-refractivity contribution in [2.45, 2.75) is 25.0 Å². The van der Waals surface area contributed by atoms with Gasteiger partial charge in [0.15, 0.2) is 6.10 Å². The SMILES string of the molecule is C[C@@]1(O)CC(=O)[C@@H]2C(c3ccccc3)=NO[C@@H]21. The maximum atomic E-state index is 11.9. The zero-order chi connectivity index (χ0) is 12.0. The average molecular weight is 231 g/mol. The molecule has 0 unspecified atom stereocenters. The number of hydrogen-bond donors (Lipinski definition) is 1. The molecule has 0 saturated heterocycles. The highest BCUT2D eigenvalue weighted by Crippen LogP contribution is 2.40. The zero-order valence-electron chi connectivity index (χ0n) is 9.46. The van der Waals surface area contributed by atoms with E-state index in [2.05, 4.69) is 5.16 Å². The monoisotopic (exact) mass is 231 g/mol. The quantitative estimate of drug-likeness (QED) is 0.788. The number of rotatable bonds is 1. The van der Waals surface area contributed by atoms with E-state index in [1.54, 1.807) is 6.92 Å². The van der Waals surface area contributed by atoms with E-state index in [0.29, 0.717) is 5.71 Å². The summed E-state index contributed by atoms with van der Waals surface area (Å²) < 4.78 is 0.